The van der Waals surface area contributed by atoms with E-state index in [9.17, 15) is 5.26 Å². The van der Waals surface area contributed by atoms with Gasteiger partial charge in [-0.05, 0) is 17.7 Å². The molecule has 106 valence electrons. The largest absolute Gasteiger partial charge is 0.237 e. The van der Waals surface area contributed by atoms with Crippen LogP contribution in [0.1, 0.15) is 18.1 Å². The number of allylic oxidation sites excluding steroid dienone is 3. The van der Waals surface area contributed by atoms with Crippen LogP contribution in [0.25, 0.3) is 11.3 Å². The van der Waals surface area contributed by atoms with Crippen LogP contribution in [0.3, 0.4) is 0 Å². The lowest BCUT2D eigenvalue weighted by atomic mass is 10.0. The molecule has 0 bridgehead atoms. The Morgan fingerprint density at radius 1 is 0.955 bits per heavy atom. The van der Waals surface area contributed by atoms with Crippen molar-refractivity contribution in [3.63, 3.8) is 0 Å². The third kappa shape index (κ3) is 1.70. The first-order chi connectivity index (χ1) is 10.8. The van der Waals surface area contributed by atoms with Crippen molar-refractivity contribution in [1.82, 2.24) is 0 Å². The molecule has 2 unspecified atom stereocenters. The summed E-state index contributed by atoms with van der Waals surface area (Å²) in [5, 5.41) is 9.46. The normalized spacial score (nSPS) is 26.0. The minimum absolute atomic E-state index is 0.0488. The zero-order valence-corrected chi connectivity index (χ0v) is 12.5. The highest BCUT2D eigenvalue weighted by Crippen LogP contribution is 2.54. The topological polar surface area (TPSA) is 23.8 Å². The van der Waals surface area contributed by atoms with Gasteiger partial charge in [0.1, 0.15) is 11.8 Å². The first kappa shape index (κ1) is 13.1. The molecule has 2 nitrogen and oxygen atoms in total. The molecule has 0 saturated carbocycles. The Hall–Kier alpha value is -2.63. The van der Waals surface area contributed by atoms with Gasteiger partial charge in [-0.25, -0.2) is 4.48 Å². The lowest BCUT2D eigenvalue weighted by Crippen LogP contribution is -2.22. The van der Waals surface area contributed by atoms with Gasteiger partial charge < -0.3 is 0 Å². The van der Waals surface area contributed by atoms with Crippen molar-refractivity contribution in [1.29, 1.82) is 5.26 Å². The van der Waals surface area contributed by atoms with Gasteiger partial charge >= 0.3 is 0 Å². The highest BCUT2D eigenvalue weighted by atomic mass is 15.5. The van der Waals surface area contributed by atoms with Crippen LogP contribution in [0.5, 0.6) is 0 Å². The van der Waals surface area contributed by atoms with Crippen LogP contribution in [-0.2, 0) is 0 Å². The average Bonchev–Trinajstić information content (AvgIpc) is 3.23. The Morgan fingerprint density at radius 3 is 2.09 bits per heavy atom. The summed E-state index contributed by atoms with van der Waals surface area (Å²) in [5.74, 6) is 0. The molecule has 0 aliphatic carbocycles. The molecule has 22 heavy (non-hydrogen) atoms. The summed E-state index contributed by atoms with van der Waals surface area (Å²) in [4.78, 5) is 0. The molecule has 0 N–H and O–H groups in total. The molecule has 1 spiro atoms. The molecule has 2 aromatic rings. The van der Waals surface area contributed by atoms with Crippen LogP contribution in [0, 0.1) is 11.3 Å². The summed E-state index contributed by atoms with van der Waals surface area (Å²) in [7, 11) is 0. The standard InChI is InChI=1S/C20H17N2/c1-15-12-19(16-8-4-2-5-9-16)20(17-10-6-3-7-11-17)22(15)14-18(22)13-21/h2-12,18H,14H2,1H3/q+1. The Balaban J connectivity index is 1.96. The zero-order chi connectivity index (χ0) is 15.2. The second-order valence-electron chi connectivity index (χ2n) is 5.98. The summed E-state index contributed by atoms with van der Waals surface area (Å²) in [5.41, 5.74) is 6.23. The Kier molecular flexibility index (Phi) is 2.79. The second kappa shape index (κ2) is 4.69. The highest BCUT2D eigenvalue weighted by molar-refractivity contribution is 5.95. The van der Waals surface area contributed by atoms with Gasteiger partial charge in [0.05, 0.1) is 0 Å². The number of rotatable bonds is 2. The number of nitriles is 1. The Morgan fingerprint density at radius 2 is 1.55 bits per heavy atom. The fraction of sp³-hybridized carbons (Fsp3) is 0.150. The van der Waals surface area contributed by atoms with Crippen molar-refractivity contribution in [2.75, 3.05) is 6.54 Å². The van der Waals surface area contributed by atoms with Gasteiger partial charge in [0.25, 0.3) is 0 Å². The van der Waals surface area contributed by atoms with Gasteiger partial charge in [0.15, 0.2) is 12.2 Å². The van der Waals surface area contributed by atoms with Crippen LogP contribution < -0.4 is 0 Å². The maximum Gasteiger partial charge on any atom is 0.235 e. The second-order valence-corrected chi connectivity index (χ2v) is 5.98. The molecule has 2 aliphatic heterocycles. The quantitative estimate of drug-likeness (QED) is 0.599. The van der Waals surface area contributed by atoms with Crippen molar-refractivity contribution in [2.45, 2.75) is 13.0 Å². The van der Waals surface area contributed by atoms with E-state index in [-0.39, 0.29) is 6.04 Å². The lowest BCUT2D eigenvalue weighted by Gasteiger charge is -2.18. The van der Waals surface area contributed by atoms with Crippen molar-refractivity contribution in [3.05, 3.63) is 83.6 Å². The van der Waals surface area contributed by atoms with E-state index in [1.165, 1.54) is 28.1 Å². The molecular weight excluding hydrogens is 268 g/mol. The molecule has 2 heteroatoms. The summed E-state index contributed by atoms with van der Waals surface area (Å²) in [6.45, 7) is 3.04. The zero-order valence-electron chi connectivity index (χ0n) is 12.5. The maximum atomic E-state index is 9.46. The molecule has 4 rings (SSSR count). The summed E-state index contributed by atoms with van der Waals surface area (Å²) < 4.78 is 0.713. The molecule has 2 aliphatic rings. The SMILES string of the molecule is CC1=CC(c2ccccc2)=C(c2ccccc2)[N+]12CC2C#N. The third-order valence-corrected chi connectivity index (χ3v) is 4.78. The van der Waals surface area contributed by atoms with Gasteiger partial charge in [0.2, 0.25) is 6.04 Å². The summed E-state index contributed by atoms with van der Waals surface area (Å²) in [6.07, 6.45) is 2.26. The Bertz CT molecular complexity index is 825. The van der Waals surface area contributed by atoms with Crippen molar-refractivity contribution >= 4 is 11.3 Å². The fourth-order valence-corrected chi connectivity index (χ4v) is 3.61. The molecule has 0 amide bonds. The molecule has 1 saturated heterocycles. The van der Waals surface area contributed by atoms with Crippen molar-refractivity contribution in [3.8, 4) is 6.07 Å². The highest BCUT2D eigenvalue weighted by Gasteiger charge is 2.63. The minimum Gasteiger partial charge on any atom is -0.237 e. The van der Waals surface area contributed by atoms with E-state index in [1.807, 2.05) is 12.1 Å². The van der Waals surface area contributed by atoms with E-state index in [4.69, 9.17) is 0 Å². The predicted octanol–water partition coefficient (Wildman–Crippen LogP) is 4.19. The van der Waals surface area contributed by atoms with Crippen LogP contribution >= 0.6 is 0 Å². The molecule has 0 radical (unpaired) electrons. The summed E-state index contributed by atoms with van der Waals surface area (Å²) in [6, 6.07) is 23.5. The number of benzene rings is 2. The van der Waals surface area contributed by atoms with E-state index < -0.39 is 0 Å². The van der Waals surface area contributed by atoms with E-state index in [0.29, 0.717) is 4.48 Å². The van der Waals surface area contributed by atoms with E-state index >= 15 is 0 Å². The minimum atomic E-state index is 0.0488. The lowest BCUT2D eigenvalue weighted by molar-refractivity contribution is -0.683. The molecular formula is C20H17N2+. The van der Waals surface area contributed by atoms with Gasteiger partial charge in [0, 0.05) is 24.1 Å². The van der Waals surface area contributed by atoms with Crippen molar-refractivity contribution in [2.24, 2.45) is 0 Å². The molecule has 2 heterocycles. The van der Waals surface area contributed by atoms with Crippen LogP contribution in [0.4, 0.5) is 0 Å². The van der Waals surface area contributed by atoms with E-state index in [1.54, 1.807) is 0 Å². The van der Waals surface area contributed by atoms with Crippen LogP contribution in [0.15, 0.2) is 72.4 Å². The molecule has 0 aromatic heterocycles. The smallest absolute Gasteiger partial charge is 0.235 e. The van der Waals surface area contributed by atoms with Crippen molar-refractivity contribution < 1.29 is 4.48 Å². The summed E-state index contributed by atoms with van der Waals surface area (Å²) >= 11 is 0. The Labute approximate surface area is 130 Å². The maximum absolute atomic E-state index is 9.46. The third-order valence-electron chi connectivity index (χ3n) is 4.78. The number of nitrogens with zero attached hydrogens (tertiary/aromatic N) is 2. The van der Waals surface area contributed by atoms with Crippen LogP contribution in [-0.4, -0.2) is 17.1 Å². The van der Waals surface area contributed by atoms with Gasteiger partial charge in [-0.15, -0.1) is 0 Å². The van der Waals surface area contributed by atoms with Crippen LogP contribution in [0.2, 0.25) is 0 Å². The van der Waals surface area contributed by atoms with E-state index in [0.717, 1.165) is 6.54 Å². The molecule has 2 atom stereocenters. The average molecular weight is 285 g/mol. The fourth-order valence-electron chi connectivity index (χ4n) is 3.61. The van der Waals surface area contributed by atoms with Gasteiger partial charge in [-0.3, -0.25) is 0 Å². The van der Waals surface area contributed by atoms with E-state index in [2.05, 4.69) is 67.6 Å². The van der Waals surface area contributed by atoms with Gasteiger partial charge in [-0.1, -0.05) is 48.5 Å². The monoisotopic (exact) mass is 285 g/mol. The number of quaternary nitrogens is 1. The molecule has 1 fully saturated rings. The molecule has 2 aromatic carbocycles. The predicted molar refractivity (Wildman–Crippen MR) is 88.0 cm³/mol. The first-order valence-corrected chi connectivity index (χ1v) is 7.59. The first-order valence-electron chi connectivity index (χ1n) is 7.59. The number of hydrogen-bond donors (Lipinski definition) is 0. The van der Waals surface area contributed by atoms with Gasteiger partial charge in [-0.2, -0.15) is 5.26 Å². The number of hydrogen-bond acceptors (Lipinski definition) is 1.